The summed E-state index contributed by atoms with van der Waals surface area (Å²) in [6, 6.07) is 6.91. The quantitative estimate of drug-likeness (QED) is 0.804. The summed E-state index contributed by atoms with van der Waals surface area (Å²) < 4.78 is 0.982. The first kappa shape index (κ1) is 11.2. The zero-order valence-corrected chi connectivity index (χ0v) is 9.99. The van der Waals surface area contributed by atoms with Crippen LogP contribution in [0.2, 0.25) is 0 Å². The molecule has 16 heavy (non-hydrogen) atoms. The van der Waals surface area contributed by atoms with Crippen LogP contribution in [0.4, 0.5) is 0 Å². The molecule has 0 amide bonds. The van der Waals surface area contributed by atoms with E-state index in [4.69, 9.17) is 10.8 Å². The molecule has 0 radical (unpaired) electrons. The standard InChI is InChI=1S/C11H11BrN2O2/c12-7-2-1-6-3-8(14-10(6)4-7)5-9(13)11(15)16/h1-4,9,14H,5,13H2,(H,15,16). The van der Waals surface area contributed by atoms with E-state index in [0.717, 1.165) is 21.1 Å². The normalized spacial score (nSPS) is 12.9. The minimum atomic E-state index is -0.986. The predicted molar refractivity (Wildman–Crippen MR) is 65.3 cm³/mol. The van der Waals surface area contributed by atoms with Gasteiger partial charge in [-0.3, -0.25) is 4.79 Å². The Labute approximate surface area is 101 Å². The molecule has 0 aliphatic heterocycles. The fourth-order valence-electron chi connectivity index (χ4n) is 1.59. The highest BCUT2D eigenvalue weighted by Gasteiger charge is 2.13. The smallest absolute Gasteiger partial charge is 0.320 e. The summed E-state index contributed by atoms with van der Waals surface area (Å²) in [6.07, 6.45) is 0.307. The van der Waals surface area contributed by atoms with Crippen LogP contribution in [0.15, 0.2) is 28.7 Å². The molecule has 0 saturated carbocycles. The van der Waals surface area contributed by atoms with Gasteiger partial charge in [0.25, 0.3) is 0 Å². The van der Waals surface area contributed by atoms with Crippen molar-refractivity contribution >= 4 is 32.8 Å². The number of carbonyl (C=O) groups is 1. The van der Waals surface area contributed by atoms with Crippen molar-refractivity contribution in [2.75, 3.05) is 0 Å². The van der Waals surface area contributed by atoms with Gasteiger partial charge in [-0.1, -0.05) is 22.0 Å². The van der Waals surface area contributed by atoms with Crippen LogP contribution in [-0.4, -0.2) is 22.1 Å². The van der Waals surface area contributed by atoms with E-state index < -0.39 is 12.0 Å². The molecule has 0 spiro atoms. The SMILES string of the molecule is NC(Cc1cc2ccc(Br)cc2[nH]1)C(=O)O. The first-order chi connectivity index (χ1) is 7.56. The summed E-state index contributed by atoms with van der Waals surface area (Å²) in [4.78, 5) is 13.8. The Bertz CT molecular complexity index is 536. The van der Waals surface area contributed by atoms with Crippen molar-refractivity contribution in [3.8, 4) is 0 Å². The zero-order valence-electron chi connectivity index (χ0n) is 8.40. The second-order valence-electron chi connectivity index (χ2n) is 3.68. The predicted octanol–water partition coefficient (Wildman–Crippen LogP) is 1.88. The number of fused-ring (bicyclic) bond motifs is 1. The van der Waals surface area contributed by atoms with Gasteiger partial charge in [0.05, 0.1) is 0 Å². The largest absolute Gasteiger partial charge is 0.480 e. The number of halogens is 1. The van der Waals surface area contributed by atoms with Crippen LogP contribution in [0.1, 0.15) is 5.69 Å². The summed E-state index contributed by atoms with van der Waals surface area (Å²) in [7, 11) is 0. The number of nitrogens with one attached hydrogen (secondary N) is 1. The fraction of sp³-hybridized carbons (Fsp3) is 0.182. The van der Waals surface area contributed by atoms with Crippen molar-refractivity contribution in [3.63, 3.8) is 0 Å². The number of H-pyrrole nitrogens is 1. The van der Waals surface area contributed by atoms with Crippen molar-refractivity contribution in [2.24, 2.45) is 5.73 Å². The monoisotopic (exact) mass is 282 g/mol. The van der Waals surface area contributed by atoms with Crippen molar-refractivity contribution in [1.29, 1.82) is 0 Å². The molecule has 84 valence electrons. The van der Waals surface area contributed by atoms with E-state index in [1.807, 2.05) is 24.3 Å². The Morgan fingerprint density at radius 1 is 1.50 bits per heavy atom. The number of aromatic amines is 1. The molecule has 1 aromatic heterocycles. The molecule has 0 aliphatic carbocycles. The molecular weight excluding hydrogens is 272 g/mol. The molecule has 0 saturated heterocycles. The molecule has 0 bridgehead atoms. The molecule has 2 rings (SSSR count). The third kappa shape index (κ3) is 2.25. The van der Waals surface area contributed by atoms with Gasteiger partial charge in [0.15, 0.2) is 0 Å². The maximum Gasteiger partial charge on any atom is 0.320 e. The maximum absolute atomic E-state index is 10.6. The highest BCUT2D eigenvalue weighted by molar-refractivity contribution is 9.10. The van der Waals surface area contributed by atoms with Crippen LogP contribution in [0.5, 0.6) is 0 Å². The van der Waals surface area contributed by atoms with E-state index in [1.54, 1.807) is 0 Å². The highest BCUT2D eigenvalue weighted by atomic mass is 79.9. The number of nitrogens with two attached hydrogens (primary N) is 1. The van der Waals surface area contributed by atoms with Crippen LogP contribution < -0.4 is 5.73 Å². The van der Waals surface area contributed by atoms with Crippen LogP contribution >= 0.6 is 15.9 Å². The van der Waals surface area contributed by atoms with Crippen LogP contribution in [0, 0.1) is 0 Å². The van der Waals surface area contributed by atoms with Crippen molar-refractivity contribution < 1.29 is 9.90 Å². The lowest BCUT2D eigenvalue weighted by Crippen LogP contribution is -2.32. The van der Waals surface area contributed by atoms with E-state index in [2.05, 4.69) is 20.9 Å². The maximum atomic E-state index is 10.6. The molecule has 0 aliphatic rings. The van der Waals surface area contributed by atoms with Gasteiger partial charge >= 0.3 is 5.97 Å². The number of rotatable bonds is 3. The van der Waals surface area contributed by atoms with Gasteiger partial charge in [-0.2, -0.15) is 0 Å². The minimum absolute atomic E-state index is 0.307. The lowest BCUT2D eigenvalue weighted by molar-refractivity contribution is -0.138. The van der Waals surface area contributed by atoms with Gasteiger partial charge < -0.3 is 15.8 Å². The molecular formula is C11H11BrN2O2. The first-order valence-electron chi connectivity index (χ1n) is 4.82. The number of hydrogen-bond donors (Lipinski definition) is 3. The van der Waals surface area contributed by atoms with Crippen LogP contribution in [-0.2, 0) is 11.2 Å². The molecule has 4 N–H and O–H groups in total. The van der Waals surface area contributed by atoms with Gasteiger partial charge in [0.1, 0.15) is 6.04 Å². The number of carboxylic acids is 1. The van der Waals surface area contributed by atoms with Crippen LogP contribution in [0.3, 0.4) is 0 Å². The third-order valence-corrected chi connectivity index (χ3v) is 2.89. The second-order valence-corrected chi connectivity index (χ2v) is 4.59. The van der Waals surface area contributed by atoms with Gasteiger partial charge in [-0.05, 0) is 23.6 Å². The van der Waals surface area contributed by atoms with Gasteiger partial charge in [0, 0.05) is 22.1 Å². The topological polar surface area (TPSA) is 79.1 Å². The van der Waals surface area contributed by atoms with Crippen molar-refractivity contribution in [3.05, 3.63) is 34.4 Å². The van der Waals surface area contributed by atoms with E-state index in [9.17, 15) is 4.79 Å². The Hall–Kier alpha value is -1.33. The summed E-state index contributed by atoms with van der Waals surface area (Å²) >= 11 is 3.38. The van der Waals surface area contributed by atoms with E-state index >= 15 is 0 Å². The lowest BCUT2D eigenvalue weighted by Gasteiger charge is -2.02. The number of aromatic nitrogens is 1. The average Bonchev–Trinajstić information content (AvgIpc) is 2.58. The molecule has 4 nitrogen and oxygen atoms in total. The Morgan fingerprint density at radius 3 is 2.94 bits per heavy atom. The summed E-state index contributed by atoms with van der Waals surface area (Å²) in [5, 5.41) is 9.77. The fourth-order valence-corrected chi connectivity index (χ4v) is 1.95. The van der Waals surface area contributed by atoms with Gasteiger partial charge in [0.2, 0.25) is 0 Å². The van der Waals surface area contributed by atoms with E-state index in [1.165, 1.54) is 0 Å². The second kappa shape index (κ2) is 4.27. The van der Waals surface area contributed by atoms with Crippen molar-refractivity contribution in [2.45, 2.75) is 12.5 Å². The number of aliphatic carboxylic acids is 1. The summed E-state index contributed by atoms with van der Waals surface area (Å²) in [6.45, 7) is 0. The minimum Gasteiger partial charge on any atom is -0.480 e. The van der Waals surface area contributed by atoms with Gasteiger partial charge in [-0.25, -0.2) is 0 Å². The Kier molecular flexibility index (Phi) is 2.98. The zero-order chi connectivity index (χ0) is 11.7. The third-order valence-electron chi connectivity index (χ3n) is 2.40. The Morgan fingerprint density at radius 2 is 2.25 bits per heavy atom. The first-order valence-corrected chi connectivity index (χ1v) is 5.61. The molecule has 1 unspecified atom stereocenters. The molecule has 5 heteroatoms. The number of hydrogen-bond acceptors (Lipinski definition) is 2. The highest BCUT2D eigenvalue weighted by Crippen LogP contribution is 2.20. The van der Waals surface area contributed by atoms with Gasteiger partial charge in [-0.15, -0.1) is 0 Å². The molecule has 1 heterocycles. The lowest BCUT2D eigenvalue weighted by atomic mass is 10.1. The Balaban J connectivity index is 2.29. The van der Waals surface area contributed by atoms with Crippen molar-refractivity contribution in [1.82, 2.24) is 4.98 Å². The average molecular weight is 283 g/mol. The molecule has 2 aromatic rings. The molecule has 1 aromatic carbocycles. The van der Waals surface area contributed by atoms with E-state index in [0.29, 0.717) is 6.42 Å². The van der Waals surface area contributed by atoms with Crippen LogP contribution in [0.25, 0.3) is 10.9 Å². The molecule has 0 fully saturated rings. The molecule has 1 atom stereocenters. The van der Waals surface area contributed by atoms with E-state index in [-0.39, 0.29) is 0 Å². The number of benzene rings is 1. The summed E-state index contributed by atoms with van der Waals surface area (Å²) in [5.41, 5.74) is 7.28. The number of carboxylic acid groups (broad SMARTS) is 1. The summed E-state index contributed by atoms with van der Waals surface area (Å²) in [5.74, 6) is -0.986.